The maximum Gasteiger partial charge on any atom is 0.137 e. The predicted octanol–water partition coefficient (Wildman–Crippen LogP) is 2.62. The van der Waals surface area contributed by atoms with Crippen LogP contribution in [-0.2, 0) is 0 Å². The molecule has 0 unspecified atom stereocenters. The van der Waals surface area contributed by atoms with Gasteiger partial charge in [-0.1, -0.05) is 19.3 Å². The fraction of sp³-hybridized carbons (Fsp3) is 0.583. The lowest BCUT2D eigenvalue weighted by Gasteiger charge is -2.21. The Morgan fingerprint density at radius 1 is 1.27 bits per heavy atom. The number of nitrogens with two attached hydrogens (primary N) is 1. The molecule has 1 fully saturated rings. The molecule has 0 aromatic carbocycles. The average Bonchev–Trinajstić information content (AvgIpc) is 2.30. The van der Waals surface area contributed by atoms with Gasteiger partial charge >= 0.3 is 0 Å². The molecule has 3 heteroatoms. The van der Waals surface area contributed by atoms with Crippen molar-refractivity contribution in [2.45, 2.75) is 32.1 Å². The van der Waals surface area contributed by atoms with E-state index in [1.807, 2.05) is 6.07 Å². The van der Waals surface area contributed by atoms with Gasteiger partial charge in [-0.3, -0.25) is 0 Å². The molecule has 1 aliphatic rings. The van der Waals surface area contributed by atoms with E-state index in [0.29, 0.717) is 5.82 Å². The van der Waals surface area contributed by atoms with Gasteiger partial charge in [-0.15, -0.1) is 0 Å². The van der Waals surface area contributed by atoms with E-state index in [0.717, 1.165) is 18.3 Å². The summed E-state index contributed by atoms with van der Waals surface area (Å²) in [5.41, 5.74) is 5.50. The standard InChI is InChI=1S/C12H18N2O/c13-12-7-6-11(8-14-12)15-9-10-4-2-1-3-5-10/h6-8,10H,1-5,9H2,(H2,13,14). The topological polar surface area (TPSA) is 48.1 Å². The molecule has 0 bridgehead atoms. The largest absolute Gasteiger partial charge is 0.492 e. The summed E-state index contributed by atoms with van der Waals surface area (Å²) < 4.78 is 5.68. The molecule has 0 aliphatic heterocycles. The molecule has 1 heterocycles. The summed E-state index contributed by atoms with van der Waals surface area (Å²) in [6, 6.07) is 3.65. The lowest BCUT2D eigenvalue weighted by atomic mass is 9.90. The lowest BCUT2D eigenvalue weighted by molar-refractivity contribution is 0.208. The third-order valence-corrected chi connectivity index (χ3v) is 2.97. The van der Waals surface area contributed by atoms with Gasteiger partial charge in [0, 0.05) is 0 Å². The number of ether oxygens (including phenoxy) is 1. The summed E-state index contributed by atoms with van der Waals surface area (Å²) >= 11 is 0. The van der Waals surface area contributed by atoms with E-state index in [4.69, 9.17) is 10.5 Å². The Balaban J connectivity index is 1.79. The molecule has 0 atom stereocenters. The Morgan fingerprint density at radius 3 is 2.73 bits per heavy atom. The van der Waals surface area contributed by atoms with E-state index in [1.54, 1.807) is 12.3 Å². The molecule has 0 spiro atoms. The monoisotopic (exact) mass is 206 g/mol. The highest BCUT2D eigenvalue weighted by atomic mass is 16.5. The Hall–Kier alpha value is -1.25. The first-order valence-corrected chi connectivity index (χ1v) is 5.69. The fourth-order valence-electron chi connectivity index (χ4n) is 2.04. The smallest absolute Gasteiger partial charge is 0.137 e. The van der Waals surface area contributed by atoms with Gasteiger partial charge in [0.05, 0.1) is 12.8 Å². The third-order valence-electron chi connectivity index (χ3n) is 2.97. The minimum absolute atomic E-state index is 0.542. The zero-order valence-corrected chi connectivity index (χ0v) is 8.98. The number of hydrogen-bond acceptors (Lipinski definition) is 3. The van der Waals surface area contributed by atoms with E-state index < -0.39 is 0 Å². The van der Waals surface area contributed by atoms with Crippen LogP contribution in [0.25, 0.3) is 0 Å². The van der Waals surface area contributed by atoms with Crippen LogP contribution < -0.4 is 10.5 Å². The maximum atomic E-state index is 5.68. The summed E-state index contributed by atoms with van der Waals surface area (Å²) in [4.78, 5) is 4.00. The van der Waals surface area contributed by atoms with Crippen molar-refractivity contribution in [1.29, 1.82) is 0 Å². The molecule has 0 saturated heterocycles. The SMILES string of the molecule is Nc1ccc(OCC2CCCCC2)cn1. The second-order valence-electron chi connectivity index (χ2n) is 4.23. The zero-order chi connectivity index (χ0) is 10.5. The van der Waals surface area contributed by atoms with Crippen molar-refractivity contribution in [2.75, 3.05) is 12.3 Å². The van der Waals surface area contributed by atoms with Gasteiger partial charge in [-0.25, -0.2) is 4.98 Å². The van der Waals surface area contributed by atoms with Gasteiger partial charge in [0.1, 0.15) is 11.6 Å². The molecule has 1 aromatic heterocycles. The van der Waals surface area contributed by atoms with Crippen LogP contribution in [0.2, 0.25) is 0 Å². The third kappa shape index (κ3) is 3.11. The van der Waals surface area contributed by atoms with Crippen LogP contribution in [0.5, 0.6) is 5.75 Å². The summed E-state index contributed by atoms with van der Waals surface area (Å²) in [6.45, 7) is 0.825. The zero-order valence-electron chi connectivity index (χ0n) is 8.98. The van der Waals surface area contributed by atoms with Crippen molar-refractivity contribution in [2.24, 2.45) is 5.92 Å². The Bertz CT molecular complexity index is 291. The Labute approximate surface area is 90.7 Å². The summed E-state index contributed by atoms with van der Waals surface area (Å²) in [5.74, 6) is 2.10. The van der Waals surface area contributed by atoms with Crippen LogP contribution in [0.1, 0.15) is 32.1 Å². The van der Waals surface area contributed by atoms with Crippen LogP contribution in [0.4, 0.5) is 5.82 Å². The average molecular weight is 206 g/mol. The van der Waals surface area contributed by atoms with Crippen molar-refractivity contribution in [3.63, 3.8) is 0 Å². The molecule has 2 rings (SSSR count). The number of rotatable bonds is 3. The van der Waals surface area contributed by atoms with Crippen molar-refractivity contribution in [3.8, 4) is 5.75 Å². The number of aromatic nitrogens is 1. The van der Waals surface area contributed by atoms with Gasteiger partial charge < -0.3 is 10.5 Å². The molecular weight excluding hydrogens is 188 g/mol. The molecule has 0 radical (unpaired) electrons. The first-order chi connectivity index (χ1) is 7.34. The Kier molecular flexibility index (Phi) is 3.43. The molecule has 2 N–H and O–H groups in total. The van der Waals surface area contributed by atoms with Crippen molar-refractivity contribution in [1.82, 2.24) is 4.98 Å². The predicted molar refractivity (Wildman–Crippen MR) is 60.7 cm³/mol. The van der Waals surface area contributed by atoms with Crippen molar-refractivity contribution < 1.29 is 4.74 Å². The molecule has 1 aromatic rings. The summed E-state index contributed by atoms with van der Waals surface area (Å²) in [5, 5.41) is 0. The van der Waals surface area contributed by atoms with Crippen LogP contribution in [0.3, 0.4) is 0 Å². The molecule has 3 nitrogen and oxygen atoms in total. The van der Waals surface area contributed by atoms with Gasteiger partial charge in [-0.05, 0) is 30.9 Å². The molecule has 1 aliphatic carbocycles. The minimum Gasteiger partial charge on any atom is -0.492 e. The second-order valence-corrected chi connectivity index (χ2v) is 4.23. The molecular formula is C12H18N2O. The first kappa shape index (κ1) is 10.3. The number of nitrogen functional groups attached to an aromatic ring is 1. The van der Waals surface area contributed by atoms with Crippen molar-refractivity contribution in [3.05, 3.63) is 18.3 Å². The van der Waals surface area contributed by atoms with E-state index in [1.165, 1.54) is 32.1 Å². The van der Waals surface area contributed by atoms with Crippen molar-refractivity contribution >= 4 is 5.82 Å². The highest BCUT2D eigenvalue weighted by molar-refractivity contribution is 5.32. The number of anilines is 1. The van der Waals surface area contributed by atoms with Gasteiger partial charge in [-0.2, -0.15) is 0 Å². The molecule has 1 saturated carbocycles. The summed E-state index contributed by atoms with van der Waals surface area (Å²) in [7, 11) is 0. The first-order valence-electron chi connectivity index (χ1n) is 5.69. The number of hydrogen-bond donors (Lipinski definition) is 1. The highest BCUT2D eigenvalue weighted by Gasteiger charge is 2.13. The van der Waals surface area contributed by atoms with Crippen LogP contribution in [0.15, 0.2) is 18.3 Å². The van der Waals surface area contributed by atoms with E-state index >= 15 is 0 Å². The fourth-order valence-corrected chi connectivity index (χ4v) is 2.04. The molecule has 82 valence electrons. The maximum absolute atomic E-state index is 5.68. The molecule has 0 amide bonds. The van der Waals surface area contributed by atoms with E-state index in [2.05, 4.69) is 4.98 Å². The highest BCUT2D eigenvalue weighted by Crippen LogP contribution is 2.24. The number of nitrogens with zero attached hydrogens (tertiary/aromatic N) is 1. The Morgan fingerprint density at radius 2 is 2.07 bits per heavy atom. The second kappa shape index (κ2) is 5.01. The van der Waals surface area contributed by atoms with Gasteiger partial charge in [0.15, 0.2) is 0 Å². The minimum atomic E-state index is 0.542. The normalized spacial score (nSPS) is 17.6. The quantitative estimate of drug-likeness (QED) is 0.827. The van der Waals surface area contributed by atoms with Gasteiger partial charge in [0.2, 0.25) is 0 Å². The van der Waals surface area contributed by atoms with Crippen LogP contribution in [0, 0.1) is 5.92 Å². The lowest BCUT2D eigenvalue weighted by Crippen LogP contribution is -2.15. The van der Waals surface area contributed by atoms with Crippen LogP contribution in [-0.4, -0.2) is 11.6 Å². The van der Waals surface area contributed by atoms with Gasteiger partial charge in [0.25, 0.3) is 0 Å². The van der Waals surface area contributed by atoms with Crippen LogP contribution >= 0.6 is 0 Å². The van der Waals surface area contributed by atoms with E-state index in [9.17, 15) is 0 Å². The van der Waals surface area contributed by atoms with E-state index in [-0.39, 0.29) is 0 Å². The number of pyridine rings is 1. The molecule has 15 heavy (non-hydrogen) atoms. The summed E-state index contributed by atoms with van der Waals surface area (Å²) in [6.07, 6.45) is 8.41.